The summed E-state index contributed by atoms with van der Waals surface area (Å²) in [6.07, 6.45) is 2.37. The number of likely N-dealkylation sites (tertiary alicyclic amines) is 1. The number of nitrogens with zero attached hydrogens (tertiary/aromatic N) is 3. The highest BCUT2D eigenvalue weighted by Gasteiger charge is 2.19. The van der Waals surface area contributed by atoms with Crippen molar-refractivity contribution in [1.82, 2.24) is 15.1 Å². The number of aromatic nitrogens is 2. The molecule has 0 radical (unpaired) electrons. The van der Waals surface area contributed by atoms with Crippen LogP contribution in [-0.4, -0.2) is 41.3 Å². The minimum atomic E-state index is 0.411. The lowest BCUT2D eigenvalue weighted by atomic mass is 10.0. The summed E-state index contributed by atoms with van der Waals surface area (Å²) in [6, 6.07) is 16.5. The van der Waals surface area contributed by atoms with Gasteiger partial charge in [0, 0.05) is 33.9 Å². The van der Waals surface area contributed by atoms with Crippen molar-refractivity contribution in [1.29, 1.82) is 0 Å². The van der Waals surface area contributed by atoms with Gasteiger partial charge in [-0.05, 0) is 38.6 Å². The number of hydrogen-bond acceptors (Lipinski definition) is 4. The minimum Gasteiger partial charge on any atom is -0.364 e. The lowest BCUT2D eigenvalue weighted by Crippen LogP contribution is -2.40. The lowest BCUT2D eigenvalue weighted by Gasteiger charge is -2.30. The summed E-state index contributed by atoms with van der Waals surface area (Å²) in [6.45, 7) is 2.20. The third kappa shape index (κ3) is 3.46. The van der Waals surface area contributed by atoms with Crippen molar-refractivity contribution < 1.29 is 0 Å². The van der Waals surface area contributed by atoms with E-state index in [9.17, 15) is 0 Å². The number of benzene rings is 2. The van der Waals surface area contributed by atoms with Gasteiger partial charge >= 0.3 is 0 Å². The van der Waals surface area contributed by atoms with Gasteiger partial charge in [-0.1, -0.05) is 48.0 Å². The van der Waals surface area contributed by atoms with Gasteiger partial charge in [0.2, 0.25) is 0 Å². The number of fused-ring (bicyclic) bond motifs is 1. The summed E-state index contributed by atoms with van der Waals surface area (Å²) < 4.78 is 0. The van der Waals surface area contributed by atoms with Crippen molar-refractivity contribution in [3.63, 3.8) is 0 Å². The van der Waals surface area contributed by atoms with E-state index in [-0.39, 0.29) is 0 Å². The van der Waals surface area contributed by atoms with E-state index in [0.29, 0.717) is 11.1 Å². The first-order valence-electron chi connectivity index (χ1n) is 8.67. The molecule has 5 heteroatoms. The largest absolute Gasteiger partial charge is 0.364 e. The summed E-state index contributed by atoms with van der Waals surface area (Å²) in [5.74, 6) is 0.863. The average molecular weight is 353 g/mol. The van der Waals surface area contributed by atoms with Crippen LogP contribution in [-0.2, 0) is 0 Å². The first-order valence-corrected chi connectivity index (χ1v) is 9.05. The zero-order valence-corrected chi connectivity index (χ0v) is 15.0. The van der Waals surface area contributed by atoms with Crippen LogP contribution in [0.1, 0.15) is 12.8 Å². The molecule has 1 aliphatic rings. The van der Waals surface area contributed by atoms with E-state index in [1.54, 1.807) is 0 Å². The fourth-order valence-corrected chi connectivity index (χ4v) is 3.73. The van der Waals surface area contributed by atoms with Gasteiger partial charge in [-0.2, -0.15) is 0 Å². The van der Waals surface area contributed by atoms with Crippen LogP contribution < -0.4 is 5.32 Å². The second kappa shape index (κ2) is 6.98. The van der Waals surface area contributed by atoms with Gasteiger partial charge in [-0.15, -0.1) is 10.2 Å². The zero-order valence-electron chi connectivity index (χ0n) is 14.2. The fourth-order valence-electron chi connectivity index (χ4n) is 3.54. The molecular formula is C20H21ClN4. The van der Waals surface area contributed by atoms with Crippen molar-refractivity contribution in [3.05, 3.63) is 53.6 Å². The average Bonchev–Trinajstić information content (AvgIpc) is 2.62. The van der Waals surface area contributed by atoms with Crippen LogP contribution in [0.25, 0.3) is 22.0 Å². The monoisotopic (exact) mass is 352 g/mol. The molecule has 0 aliphatic carbocycles. The van der Waals surface area contributed by atoms with Crippen LogP contribution in [0, 0.1) is 0 Å². The molecule has 1 unspecified atom stereocenters. The molecule has 2 heterocycles. The highest BCUT2D eigenvalue weighted by Crippen LogP contribution is 2.31. The molecule has 4 nitrogen and oxygen atoms in total. The number of piperidine rings is 1. The molecule has 1 fully saturated rings. The van der Waals surface area contributed by atoms with Crippen LogP contribution in [0.5, 0.6) is 0 Å². The van der Waals surface area contributed by atoms with E-state index in [1.807, 2.05) is 36.4 Å². The predicted octanol–water partition coefficient (Wildman–Crippen LogP) is 4.46. The number of nitrogens with one attached hydrogen (secondary N) is 1. The van der Waals surface area contributed by atoms with Crippen LogP contribution in [0.4, 0.5) is 5.82 Å². The second-order valence-electron chi connectivity index (χ2n) is 6.70. The Morgan fingerprint density at radius 2 is 1.92 bits per heavy atom. The molecule has 0 saturated carbocycles. The molecule has 2 aromatic carbocycles. The van der Waals surface area contributed by atoms with E-state index in [1.165, 1.54) is 6.42 Å². The molecule has 0 bridgehead atoms. The minimum absolute atomic E-state index is 0.411. The molecule has 25 heavy (non-hydrogen) atoms. The third-order valence-corrected chi connectivity index (χ3v) is 4.99. The van der Waals surface area contributed by atoms with Gasteiger partial charge in [-0.3, -0.25) is 0 Å². The Bertz CT molecular complexity index is 896. The Morgan fingerprint density at radius 3 is 2.72 bits per heavy atom. The van der Waals surface area contributed by atoms with E-state index in [4.69, 9.17) is 11.6 Å². The maximum absolute atomic E-state index is 6.15. The number of hydrogen-bond donors (Lipinski definition) is 1. The van der Waals surface area contributed by atoms with Gasteiger partial charge < -0.3 is 10.2 Å². The number of anilines is 1. The summed E-state index contributed by atoms with van der Waals surface area (Å²) in [4.78, 5) is 2.36. The third-order valence-electron chi connectivity index (χ3n) is 4.75. The normalized spacial score (nSPS) is 18.4. The number of likely N-dealkylation sites (N-methyl/N-ethyl adjacent to an activating group) is 1. The molecule has 1 saturated heterocycles. The SMILES string of the molecule is CN1CCCC(Nc2nnc(-c3cccc(Cl)c3)c3ccccc23)C1. The summed E-state index contributed by atoms with van der Waals surface area (Å²) in [7, 11) is 2.17. The molecule has 1 aliphatic heterocycles. The molecule has 0 amide bonds. The summed E-state index contributed by atoms with van der Waals surface area (Å²) >= 11 is 6.15. The van der Waals surface area contributed by atoms with Gasteiger partial charge in [0.05, 0.1) is 0 Å². The van der Waals surface area contributed by atoms with Gasteiger partial charge in [0.25, 0.3) is 0 Å². The van der Waals surface area contributed by atoms with E-state index in [0.717, 1.165) is 47.4 Å². The molecule has 1 aromatic heterocycles. The topological polar surface area (TPSA) is 41.0 Å². The van der Waals surface area contributed by atoms with Crippen molar-refractivity contribution in [3.8, 4) is 11.3 Å². The molecular weight excluding hydrogens is 332 g/mol. The Hall–Kier alpha value is -2.17. The standard InChI is InChI=1S/C20H21ClN4/c1-25-11-5-8-16(13-25)22-20-18-10-3-2-9-17(18)19(23-24-20)14-6-4-7-15(21)12-14/h2-4,6-7,9-10,12,16H,5,8,11,13H2,1H3,(H,22,24). The van der Waals surface area contributed by atoms with Gasteiger partial charge in [0.15, 0.2) is 5.82 Å². The summed E-state index contributed by atoms with van der Waals surface area (Å²) in [5, 5.41) is 15.5. The highest BCUT2D eigenvalue weighted by atomic mass is 35.5. The molecule has 1 atom stereocenters. The maximum Gasteiger partial charge on any atom is 0.156 e. The number of halogens is 1. The first kappa shape index (κ1) is 16.3. The van der Waals surface area contributed by atoms with Crippen molar-refractivity contribution in [2.45, 2.75) is 18.9 Å². The molecule has 3 aromatic rings. The van der Waals surface area contributed by atoms with Crippen molar-refractivity contribution in [2.24, 2.45) is 0 Å². The van der Waals surface area contributed by atoms with Gasteiger partial charge in [-0.25, -0.2) is 0 Å². The smallest absolute Gasteiger partial charge is 0.156 e. The van der Waals surface area contributed by atoms with E-state index >= 15 is 0 Å². The Kier molecular flexibility index (Phi) is 4.55. The molecule has 0 spiro atoms. The highest BCUT2D eigenvalue weighted by molar-refractivity contribution is 6.30. The molecule has 128 valence electrons. The zero-order chi connectivity index (χ0) is 17.2. The Morgan fingerprint density at radius 1 is 1.08 bits per heavy atom. The maximum atomic E-state index is 6.15. The fraction of sp³-hybridized carbons (Fsp3) is 0.300. The van der Waals surface area contributed by atoms with Crippen LogP contribution in [0.15, 0.2) is 48.5 Å². The number of rotatable bonds is 3. The van der Waals surface area contributed by atoms with Crippen LogP contribution in [0.3, 0.4) is 0 Å². The Labute approximate surface area is 152 Å². The first-order chi connectivity index (χ1) is 12.2. The lowest BCUT2D eigenvalue weighted by molar-refractivity contribution is 0.261. The predicted molar refractivity (Wildman–Crippen MR) is 104 cm³/mol. The van der Waals surface area contributed by atoms with Crippen molar-refractivity contribution in [2.75, 3.05) is 25.5 Å². The summed E-state index contributed by atoms with van der Waals surface area (Å²) in [5.41, 5.74) is 1.85. The quantitative estimate of drug-likeness (QED) is 0.755. The Balaban J connectivity index is 1.74. The van der Waals surface area contributed by atoms with E-state index < -0.39 is 0 Å². The van der Waals surface area contributed by atoms with E-state index in [2.05, 4.69) is 39.6 Å². The molecule has 4 rings (SSSR count). The van der Waals surface area contributed by atoms with Gasteiger partial charge in [0.1, 0.15) is 5.69 Å². The van der Waals surface area contributed by atoms with Crippen LogP contribution in [0.2, 0.25) is 5.02 Å². The van der Waals surface area contributed by atoms with Crippen molar-refractivity contribution >= 4 is 28.2 Å². The second-order valence-corrected chi connectivity index (χ2v) is 7.14. The van der Waals surface area contributed by atoms with Crippen LogP contribution >= 0.6 is 11.6 Å². The molecule has 1 N–H and O–H groups in total.